The summed E-state index contributed by atoms with van der Waals surface area (Å²) in [6.07, 6.45) is 4.45. The molecule has 0 atom stereocenters. The van der Waals surface area contributed by atoms with Crippen molar-refractivity contribution in [1.29, 1.82) is 0 Å². The summed E-state index contributed by atoms with van der Waals surface area (Å²) in [6, 6.07) is 12.5. The third-order valence-corrected chi connectivity index (χ3v) is 5.58. The van der Waals surface area contributed by atoms with Gasteiger partial charge in [0, 0.05) is 55.7 Å². The van der Waals surface area contributed by atoms with Crippen molar-refractivity contribution in [3.05, 3.63) is 59.4 Å². The Labute approximate surface area is 154 Å². The van der Waals surface area contributed by atoms with Gasteiger partial charge >= 0.3 is 0 Å². The largest absolute Gasteiger partial charge is 0.379 e. The summed E-state index contributed by atoms with van der Waals surface area (Å²) in [5, 5.41) is 6.81. The molecule has 1 aromatic heterocycles. The Balaban J connectivity index is 1.46. The number of hydrogen-bond donors (Lipinski definition) is 2. The number of carbonyl (C=O) groups excluding carboxylic acids is 1. The molecule has 0 saturated carbocycles. The lowest BCUT2D eigenvalue weighted by Gasteiger charge is -2.44. The number of pyridine rings is 1. The van der Waals surface area contributed by atoms with Crippen LogP contribution >= 0.6 is 0 Å². The molecular weight excluding hydrogens is 324 g/mol. The second-order valence-electron chi connectivity index (χ2n) is 7.60. The maximum Gasteiger partial charge on any atom is 0.222 e. The number of aryl methyl sites for hydroxylation is 1. The Morgan fingerprint density at radius 1 is 1.15 bits per heavy atom. The maximum absolute atomic E-state index is 12.4. The Kier molecular flexibility index (Phi) is 4.64. The average Bonchev–Trinajstić information content (AvgIpc) is 2.64. The van der Waals surface area contributed by atoms with Gasteiger partial charge in [-0.25, -0.2) is 0 Å². The van der Waals surface area contributed by atoms with Gasteiger partial charge in [-0.3, -0.25) is 14.7 Å². The molecule has 0 aliphatic carbocycles. The summed E-state index contributed by atoms with van der Waals surface area (Å²) < 4.78 is 0. The molecule has 2 aromatic rings. The lowest BCUT2D eigenvalue weighted by atomic mass is 9.82. The molecule has 3 heterocycles. The summed E-state index contributed by atoms with van der Waals surface area (Å²) in [7, 11) is 0. The van der Waals surface area contributed by atoms with Crippen LogP contribution in [0.2, 0.25) is 0 Å². The molecule has 1 aromatic carbocycles. The Morgan fingerprint density at radius 3 is 2.73 bits per heavy atom. The standard InChI is InChI=1S/C21H26N4O/c1-16-6-7-17(13-22-16)15-25-10-8-21(9-11-25)12-20(26)23-14-18-4-2-3-5-19(18)24-21/h2-7,13,24H,8-12,14-15H2,1H3,(H,23,26). The predicted octanol–water partition coefficient (Wildman–Crippen LogP) is 2.86. The molecule has 4 rings (SSSR count). The molecule has 136 valence electrons. The first kappa shape index (κ1) is 17.0. The number of anilines is 1. The number of carbonyl (C=O) groups is 1. The molecule has 2 N–H and O–H groups in total. The number of piperidine rings is 1. The van der Waals surface area contributed by atoms with E-state index in [0.717, 1.165) is 49.4 Å². The van der Waals surface area contributed by atoms with Crippen LogP contribution in [0.1, 0.15) is 36.1 Å². The smallest absolute Gasteiger partial charge is 0.222 e. The third kappa shape index (κ3) is 3.73. The Morgan fingerprint density at radius 2 is 1.96 bits per heavy atom. The minimum Gasteiger partial charge on any atom is -0.379 e. The van der Waals surface area contributed by atoms with Crippen molar-refractivity contribution in [3.8, 4) is 0 Å². The number of likely N-dealkylation sites (tertiary alicyclic amines) is 1. The van der Waals surface area contributed by atoms with Crippen LogP contribution in [0.25, 0.3) is 0 Å². The van der Waals surface area contributed by atoms with Gasteiger partial charge in [0.15, 0.2) is 0 Å². The van der Waals surface area contributed by atoms with E-state index in [4.69, 9.17) is 0 Å². The number of aromatic nitrogens is 1. The van der Waals surface area contributed by atoms with Crippen molar-refractivity contribution in [1.82, 2.24) is 15.2 Å². The number of nitrogens with zero attached hydrogens (tertiary/aromatic N) is 2. The zero-order valence-electron chi connectivity index (χ0n) is 15.3. The fourth-order valence-corrected chi connectivity index (χ4v) is 3.98. The van der Waals surface area contributed by atoms with Crippen LogP contribution in [0.4, 0.5) is 5.69 Å². The molecule has 1 amide bonds. The molecule has 0 radical (unpaired) electrons. The topological polar surface area (TPSA) is 57.3 Å². The van der Waals surface area contributed by atoms with Gasteiger partial charge in [-0.05, 0) is 43.0 Å². The number of hydrogen-bond acceptors (Lipinski definition) is 4. The quantitative estimate of drug-likeness (QED) is 0.874. The predicted molar refractivity (Wildman–Crippen MR) is 103 cm³/mol. The Hall–Kier alpha value is -2.40. The van der Waals surface area contributed by atoms with E-state index in [2.05, 4.69) is 50.8 Å². The van der Waals surface area contributed by atoms with Gasteiger partial charge < -0.3 is 10.6 Å². The van der Waals surface area contributed by atoms with Crippen molar-refractivity contribution in [2.75, 3.05) is 18.4 Å². The number of amides is 1. The van der Waals surface area contributed by atoms with Crippen molar-refractivity contribution in [2.45, 2.75) is 44.8 Å². The van der Waals surface area contributed by atoms with Crippen LogP contribution in [0.3, 0.4) is 0 Å². The van der Waals surface area contributed by atoms with E-state index >= 15 is 0 Å². The van der Waals surface area contributed by atoms with Crippen molar-refractivity contribution in [2.24, 2.45) is 0 Å². The third-order valence-electron chi connectivity index (χ3n) is 5.58. The molecule has 5 nitrogen and oxygen atoms in total. The summed E-state index contributed by atoms with van der Waals surface area (Å²) in [4.78, 5) is 19.2. The lowest BCUT2D eigenvalue weighted by Crippen LogP contribution is -2.52. The first-order valence-electron chi connectivity index (χ1n) is 9.39. The Bertz CT molecular complexity index is 779. The molecule has 5 heteroatoms. The van der Waals surface area contributed by atoms with Crippen LogP contribution in [-0.2, 0) is 17.9 Å². The first-order chi connectivity index (χ1) is 12.6. The van der Waals surface area contributed by atoms with E-state index in [0.29, 0.717) is 13.0 Å². The van der Waals surface area contributed by atoms with Crippen LogP contribution in [-0.4, -0.2) is 34.4 Å². The van der Waals surface area contributed by atoms with Gasteiger partial charge in [0.25, 0.3) is 0 Å². The molecular formula is C21H26N4O. The van der Waals surface area contributed by atoms with Gasteiger partial charge in [-0.15, -0.1) is 0 Å². The van der Waals surface area contributed by atoms with Gasteiger partial charge in [-0.1, -0.05) is 24.3 Å². The van der Waals surface area contributed by atoms with E-state index in [9.17, 15) is 4.79 Å². The average molecular weight is 350 g/mol. The minimum absolute atomic E-state index is 0.142. The molecule has 1 fully saturated rings. The van der Waals surface area contributed by atoms with Crippen LogP contribution in [0, 0.1) is 6.92 Å². The summed E-state index contributed by atoms with van der Waals surface area (Å²) in [5.41, 5.74) is 4.47. The van der Waals surface area contributed by atoms with Gasteiger partial charge in [0.05, 0.1) is 0 Å². The van der Waals surface area contributed by atoms with E-state index in [1.165, 1.54) is 5.56 Å². The highest BCUT2D eigenvalue weighted by Gasteiger charge is 2.37. The highest BCUT2D eigenvalue weighted by atomic mass is 16.1. The maximum atomic E-state index is 12.4. The zero-order valence-corrected chi connectivity index (χ0v) is 15.3. The molecule has 1 spiro atoms. The molecule has 1 saturated heterocycles. The van der Waals surface area contributed by atoms with E-state index in [1.807, 2.05) is 19.2 Å². The SMILES string of the molecule is Cc1ccc(CN2CCC3(CC2)CC(=O)NCc2ccccc2N3)cn1. The summed E-state index contributed by atoms with van der Waals surface area (Å²) in [5.74, 6) is 0.142. The molecule has 0 bridgehead atoms. The summed E-state index contributed by atoms with van der Waals surface area (Å²) in [6.45, 7) is 5.50. The van der Waals surface area contributed by atoms with E-state index in [-0.39, 0.29) is 11.4 Å². The number of para-hydroxylation sites is 1. The fraction of sp³-hybridized carbons (Fsp3) is 0.429. The highest BCUT2D eigenvalue weighted by Crippen LogP contribution is 2.33. The van der Waals surface area contributed by atoms with Crippen LogP contribution in [0.15, 0.2) is 42.6 Å². The number of benzene rings is 1. The van der Waals surface area contributed by atoms with Crippen molar-refractivity contribution >= 4 is 11.6 Å². The number of fused-ring (bicyclic) bond motifs is 1. The monoisotopic (exact) mass is 350 g/mol. The molecule has 0 unspecified atom stereocenters. The second kappa shape index (κ2) is 7.08. The van der Waals surface area contributed by atoms with Crippen LogP contribution < -0.4 is 10.6 Å². The lowest BCUT2D eigenvalue weighted by molar-refractivity contribution is -0.122. The number of rotatable bonds is 2. The normalized spacial score (nSPS) is 19.8. The molecule has 2 aliphatic rings. The zero-order chi connectivity index (χ0) is 18.0. The molecule has 2 aliphatic heterocycles. The van der Waals surface area contributed by atoms with Gasteiger partial charge in [-0.2, -0.15) is 0 Å². The summed E-state index contributed by atoms with van der Waals surface area (Å²) >= 11 is 0. The van der Waals surface area contributed by atoms with Crippen molar-refractivity contribution in [3.63, 3.8) is 0 Å². The van der Waals surface area contributed by atoms with Gasteiger partial charge in [0.2, 0.25) is 5.91 Å². The fourth-order valence-electron chi connectivity index (χ4n) is 3.98. The van der Waals surface area contributed by atoms with Crippen LogP contribution in [0.5, 0.6) is 0 Å². The van der Waals surface area contributed by atoms with Gasteiger partial charge in [0.1, 0.15) is 0 Å². The van der Waals surface area contributed by atoms with Crippen molar-refractivity contribution < 1.29 is 4.79 Å². The van der Waals surface area contributed by atoms with E-state index < -0.39 is 0 Å². The van der Waals surface area contributed by atoms with E-state index in [1.54, 1.807) is 0 Å². The highest BCUT2D eigenvalue weighted by molar-refractivity contribution is 5.79. The number of nitrogens with one attached hydrogen (secondary N) is 2. The second-order valence-corrected chi connectivity index (χ2v) is 7.60. The molecule has 26 heavy (non-hydrogen) atoms. The first-order valence-corrected chi connectivity index (χ1v) is 9.39. The minimum atomic E-state index is -0.150.